The summed E-state index contributed by atoms with van der Waals surface area (Å²) >= 11 is 3.41. The number of fused-ring (bicyclic) bond motifs is 1. The first-order chi connectivity index (χ1) is 6.70. The maximum atomic E-state index is 5.69. The number of halogens is 1. The van der Waals surface area contributed by atoms with E-state index in [1.165, 1.54) is 0 Å². The van der Waals surface area contributed by atoms with Crippen molar-refractivity contribution < 1.29 is 4.42 Å². The molecular formula is C11H12BrNO. The van der Waals surface area contributed by atoms with E-state index in [9.17, 15) is 0 Å². The molecule has 2 rings (SSSR count). The van der Waals surface area contributed by atoms with Crippen LogP contribution in [0.4, 0.5) is 0 Å². The molecule has 0 saturated heterocycles. The van der Waals surface area contributed by atoms with Gasteiger partial charge >= 0.3 is 0 Å². The Hall–Kier alpha value is -0.800. The monoisotopic (exact) mass is 253 g/mol. The van der Waals surface area contributed by atoms with E-state index >= 15 is 0 Å². The van der Waals surface area contributed by atoms with Crippen LogP contribution in [-0.2, 0) is 0 Å². The van der Waals surface area contributed by atoms with Crippen molar-refractivity contribution in [3.8, 4) is 0 Å². The van der Waals surface area contributed by atoms with E-state index in [0.29, 0.717) is 6.54 Å². The van der Waals surface area contributed by atoms with Gasteiger partial charge in [0.15, 0.2) is 0 Å². The van der Waals surface area contributed by atoms with E-state index in [4.69, 9.17) is 10.2 Å². The fraction of sp³-hybridized carbons (Fsp3) is 0.273. The molecule has 2 aromatic rings. The second kappa shape index (κ2) is 3.75. The van der Waals surface area contributed by atoms with Crippen molar-refractivity contribution in [3.05, 3.63) is 34.5 Å². The Morgan fingerprint density at radius 2 is 2.21 bits per heavy atom. The van der Waals surface area contributed by atoms with Gasteiger partial charge in [-0.05, 0) is 24.3 Å². The Morgan fingerprint density at radius 3 is 2.93 bits per heavy atom. The van der Waals surface area contributed by atoms with Crippen LogP contribution in [0.2, 0.25) is 0 Å². The van der Waals surface area contributed by atoms with Gasteiger partial charge in [-0.15, -0.1) is 0 Å². The highest BCUT2D eigenvalue weighted by Crippen LogP contribution is 2.26. The summed E-state index contributed by atoms with van der Waals surface area (Å²) in [6.07, 6.45) is 0. The van der Waals surface area contributed by atoms with E-state index in [2.05, 4.69) is 28.9 Å². The van der Waals surface area contributed by atoms with Crippen LogP contribution in [0.25, 0.3) is 11.0 Å². The highest BCUT2D eigenvalue weighted by molar-refractivity contribution is 9.10. The fourth-order valence-corrected chi connectivity index (χ4v) is 1.72. The molecule has 0 amide bonds. The first-order valence-corrected chi connectivity index (χ1v) is 5.39. The predicted octanol–water partition coefficient (Wildman–Crippen LogP) is 3.26. The van der Waals surface area contributed by atoms with Gasteiger partial charge in [0.2, 0.25) is 0 Å². The number of nitrogens with two attached hydrogens (primary N) is 1. The highest BCUT2D eigenvalue weighted by atomic mass is 79.9. The molecule has 74 valence electrons. The second-order valence-corrected chi connectivity index (χ2v) is 4.38. The zero-order valence-corrected chi connectivity index (χ0v) is 9.54. The third-order valence-electron chi connectivity index (χ3n) is 2.34. The molecule has 3 heteroatoms. The molecule has 2 nitrogen and oxygen atoms in total. The molecule has 1 unspecified atom stereocenters. The Bertz CT molecular complexity index is 449. The lowest BCUT2D eigenvalue weighted by molar-refractivity contribution is 0.509. The van der Waals surface area contributed by atoms with E-state index in [1.807, 2.05) is 18.2 Å². The van der Waals surface area contributed by atoms with Crippen LogP contribution in [0.5, 0.6) is 0 Å². The molecule has 0 bridgehead atoms. The Kier molecular flexibility index (Phi) is 2.61. The minimum absolute atomic E-state index is 0.279. The summed E-state index contributed by atoms with van der Waals surface area (Å²) in [5.74, 6) is 1.24. The van der Waals surface area contributed by atoms with Crippen molar-refractivity contribution in [2.24, 2.45) is 5.73 Å². The van der Waals surface area contributed by atoms with Crippen LogP contribution in [0, 0.1) is 0 Å². The number of rotatable bonds is 2. The molecule has 0 fully saturated rings. The number of furan rings is 1. The molecule has 0 spiro atoms. The molecule has 1 aromatic carbocycles. The van der Waals surface area contributed by atoms with Crippen molar-refractivity contribution in [2.45, 2.75) is 12.8 Å². The minimum atomic E-state index is 0.279. The zero-order valence-electron chi connectivity index (χ0n) is 7.96. The van der Waals surface area contributed by atoms with Gasteiger partial charge in [0.1, 0.15) is 11.3 Å². The van der Waals surface area contributed by atoms with Gasteiger partial charge in [-0.2, -0.15) is 0 Å². The summed E-state index contributed by atoms with van der Waals surface area (Å²) in [5, 5.41) is 1.13. The molecule has 0 radical (unpaired) electrons. The number of benzene rings is 1. The normalized spacial score (nSPS) is 13.4. The van der Waals surface area contributed by atoms with Crippen molar-refractivity contribution in [1.82, 2.24) is 0 Å². The van der Waals surface area contributed by atoms with Crippen molar-refractivity contribution in [3.63, 3.8) is 0 Å². The smallest absolute Gasteiger partial charge is 0.135 e. The molecule has 0 aliphatic carbocycles. The summed E-state index contributed by atoms with van der Waals surface area (Å²) in [4.78, 5) is 0. The average molecular weight is 254 g/mol. The molecule has 1 atom stereocenters. The second-order valence-electron chi connectivity index (χ2n) is 3.47. The summed E-state index contributed by atoms with van der Waals surface area (Å²) in [7, 11) is 0. The average Bonchev–Trinajstić information content (AvgIpc) is 2.59. The first-order valence-electron chi connectivity index (χ1n) is 4.60. The SMILES string of the molecule is CC(CN)c1cc2ccc(Br)cc2o1. The van der Waals surface area contributed by atoms with Crippen molar-refractivity contribution in [2.75, 3.05) is 6.54 Å². The fourth-order valence-electron chi connectivity index (χ4n) is 1.38. The van der Waals surface area contributed by atoms with Gasteiger partial charge < -0.3 is 10.2 Å². The van der Waals surface area contributed by atoms with Crippen LogP contribution >= 0.6 is 15.9 Å². The third-order valence-corrected chi connectivity index (χ3v) is 2.83. The Morgan fingerprint density at radius 1 is 1.43 bits per heavy atom. The lowest BCUT2D eigenvalue weighted by atomic mass is 10.1. The van der Waals surface area contributed by atoms with Gasteiger partial charge in [-0.25, -0.2) is 0 Å². The molecule has 0 saturated carbocycles. The quantitative estimate of drug-likeness (QED) is 0.893. The maximum absolute atomic E-state index is 5.69. The topological polar surface area (TPSA) is 39.2 Å². The Balaban J connectivity index is 2.51. The van der Waals surface area contributed by atoms with Crippen LogP contribution in [0.15, 0.2) is 33.2 Å². The molecule has 2 N–H and O–H groups in total. The predicted molar refractivity (Wildman–Crippen MR) is 61.4 cm³/mol. The number of hydrogen-bond donors (Lipinski definition) is 1. The van der Waals surface area contributed by atoms with Crippen LogP contribution in [0.3, 0.4) is 0 Å². The van der Waals surface area contributed by atoms with Crippen LogP contribution < -0.4 is 5.73 Å². The molecule has 1 aromatic heterocycles. The summed E-state index contributed by atoms with van der Waals surface area (Å²) in [6, 6.07) is 8.08. The summed E-state index contributed by atoms with van der Waals surface area (Å²) < 4.78 is 6.73. The van der Waals surface area contributed by atoms with E-state index in [1.54, 1.807) is 0 Å². The lowest BCUT2D eigenvalue weighted by Crippen LogP contribution is -2.07. The third kappa shape index (κ3) is 1.70. The summed E-state index contributed by atoms with van der Waals surface area (Å²) in [5.41, 5.74) is 6.50. The van der Waals surface area contributed by atoms with Crippen LogP contribution in [0.1, 0.15) is 18.6 Å². The molecule has 0 aliphatic rings. The standard InChI is InChI=1S/C11H12BrNO/c1-7(6-13)10-4-8-2-3-9(12)5-11(8)14-10/h2-5,7H,6,13H2,1H3. The largest absolute Gasteiger partial charge is 0.461 e. The molecule has 1 heterocycles. The van der Waals surface area contributed by atoms with Crippen molar-refractivity contribution >= 4 is 26.9 Å². The van der Waals surface area contributed by atoms with Gasteiger partial charge in [-0.3, -0.25) is 0 Å². The van der Waals surface area contributed by atoms with Crippen LogP contribution in [-0.4, -0.2) is 6.54 Å². The van der Waals surface area contributed by atoms with E-state index in [-0.39, 0.29) is 5.92 Å². The van der Waals surface area contributed by atoms with Gasteiger partial charge in [0.05, 0.1) is 0 Å². The van der Waals surface area contributed by atoms with E-state index in [0.717, 1.165) is 21.2 Å². The molecular weight excluding hydrogens is 242 g/mol. The van der Waals surface area contributed by atoms with Crippen molar-refractivity contribution in [1.29, 1.82) is 0 Å². The van der Waals surface area contributed by atoms with Gasteiger partial charge in [0.25, 0.3) is 0 Å². The number of hydrogen-bond acceptors (Lipinski definition) is 2. The van der Waals surface area contributed by atoms with E-state index < -0.39 is 0 Å². The maximum Gasteiger partial charge on any atom is 0.135 e. The minimum Gasteiger partial charge on any atom is -0.461 e. The van der Waals surface area contributed by atoms with Gasteiger partial charge in [-0.1, -0.05) is 22.9 Å². The van der Waals surface area contributed by atoms with Gasteiger partial charge in [0, 0.05) is 22.3 Å². The highest BCUT2D eigenvalue weighted by Gasteiger charge is 2.09. The zero-order chi connectivity index (χ0) is 10.1. The first kappa shape index (κ1) is 9.74. The summed E-state index contributed by atoms with van der Waals surface area (Å²) in [6.45, 7) is 2.67. The lowest BCUT2D eigenvalue weighted by Gasteiger charge is -2.01. The molecule has 14 heavy (non-hydrogen) atoms. The Labute approximate surface area is 91.2 Å². The molecule has 0 aliphatic heterocycles.